The summed E-state index contributed by atoms with van der Waals surface area (Å²) in [6.45, 7) is 3.96. The number of carbonyl (C=O) groups excluding carboxylic acids is 2. The molecule has 1 aliphatic heterocycles. The Bertz CT molecular complexity index is 782. The molecule has 0 spiro atoms. The second-order valence-electron chi connectivity index (χ2n) is 7.58. The lowest BCUT2D eigenvalue weighted by Crippen LogP contribution is -2.57. The van der Waals surface area contributed by atoms with Crippen LogP contribution in [0, 0.1) is 0 Å². The molecule has 2 amide bonds. The zero-order valence-corrected chi connectivity index (χ0v) is 16.5. The van der Waals surface area contributed by atoms with E-state index in [9.17, 15) is 9.59 Å². The number of benzene rings is 2. The fourth-order valence-electron chi connectivity index (χ4n) is 3.64. The van der Waals surface area contributed by atoms with E-state index in [1.807, 2.05) is 53.4 Å². The fourth-order valence-corrected chi connectivity index (χ4v) is 3.64. The Morgan fingerprint density at radius 3 is 2.04 bits per heavy atom. The number of nitrogens with zero attached hydrogens (tertiary/aromatic N) is 2. The summed E-state index contributed by atoms with van der Waals surface area (Å²) in [5.74, 6) is 0.0801. The maximum Gasteiger partial charge on any atom is 0.247 e. The second-order valence-corrected chi connectivity index (χ2v) is 7.58. The molecule has 28 heavy (non-hydrogen) atoms. The predicted octanol–water partition coefficient (Wildman–Crippen LogP) is 2.55. The lowest BCUT2D eigenvalue weighted by Gasteiger charge is -2.38. The number of nitrogens with two attached hydrogens (primary N) is 1. The molecule has 0 bridgehead atoms. The summed E-state index contributed by atoms with van der Waals surface area (Å²) in [5, 5.41) is 0. The molecule has 148 valence electrons. The van der Waals surface area contributed by atoms with Gasteiger partial charge in [-0.1, -0.05) is 60.7 Å². The molecular formula is C23H29N3O2. The molecule has 1 heterocycles. The van der Waals surface area contributed by atoms with E-state index in [1.165, 1.54) is 5.56 Å². The van der Waals surface area contributed by atoms with Gasteiger partial charge >= 0.3 is 0 Å². The molecule has 1 atom stereocenters. The van der Waals surface area contributed by atoms with Crippen LogP contribution in [0.2, 0.25) is 0 Å². The van der Waals surface area contributed by atoms with Crippen molar-refractivity contribution in [2.75, 3.05) is 26.2 Å². The van der Waals surface area contributed by atoms with Crippen molar-refractivity contribution in [3.63, 3.8) is 0 Å². The molecule has 0 aromatic heterocycles. The number of hydrogen-bond donors (Lipinski definition) is 1. The van der Waals surface area contributed by atoms with Crippen LogP contribution in [0.15, 0.2) is 60.7 Å². The maximum absolute atomic E-state index is 12.9. The highest BCUT2D eigenvalue weighted by Crippen LogP contribution is 2.21. The van der Waals surface area contributed by atoms with Crippen molar-refractivity contribution >= 4 is 11.8 Å². The highest BCUT2D eigenvalue weighted by Gasteiger charge is 2.36. The van der Waals surface area contributed by atoms with Crippen LogP contribution in [0.3, 0.4) is 0 Å². The van der Waals surface area contributed by atoms with Crippen molar-refractivity contribution in [1.82, 2.24) is 9.80 Å². The van der Waals surface area contributed by atoms with Crippen molar-refractivity contribution in [3.05, 3.63) is 71.8 Å². The molecular weight excluding hydrogens is 350 g/mol. The number of aryl methyl sites for hydroxylation is 1. The first-order chi connectivity index (χ1) is 13.5. The Labute approximate surface area is 167 Å². The summed E-state index contributed by atoms with van der Waals surface area (Å²) in [5.41, 5.74) is 7.37. The van der Waals surface area contributed by atoms with Gasteiger partial charge in [0.05, 0.1) is 0 Å². The van der Waals surface area contributed by atoms with Gasteiger partial charge in [-0.05, 0) is 30.9 Å². The average Bonchev–Trinajstić information content (AvgIpc) is 2.74. The second kappa shape index (κ2) is 9.02. The van der Waals surface area contributed by atoms with Gasteiger partial charge in [-0.15, -0.1) is 0 Å². The zero-order chi connectivity index (χ0) is 20.0. The first kappa shape index (κ1) is 20.1. The summed E-state index contributed by atoms with van der Waals surface area (Å²) in [4.78, 5) is 29.0. The average molecular weight is 380 g/mol. The van der Waals surface area contributed by atoms with E-state index in [2.05, 4.69) is 12.1 Å². The summed E-state index contributed by atoms with van der Waals surface area (Å²) < 4.78 is 0. The lowest BCUT2D eigenvalue weighted by molar-refractivity contribution is -0.143. The molecule has 1 saturated heterocycles. The SMILES string of the molecule is CC(N)(C(=O)N1CCN(C(=O)CCCc2ccccc2)CC1)c1ccccc1. The van der Waals surface area contributed by atoms with E-state index in [0.29, 0.717) is 32.6 Å². The van der Waals surface area contributed by atoms with E-state index >= 15 is 0 Å². The van der Waals surface area contributed by atoms with Gasteiger partial charge in [-0.25, -0.2) is 0 Å². The highest BCUT2D eigenvalue weighted by molar-refractivity contribution is 5.87. The summed E-state index contributed by atoms with van der Waals surface area (Å²) in [6.07, 6.45) is 2.30. The minimum Gasteiger partial charge on any atom is -0.339 e. The molecule has 1 aliphatic rings. The minimum absolute atomic E-state index is 0.0881. The van der Waals surface area contributed by atoms with Crippen molar-refractivity contribution in [2.45, 2.75) is 31.7 Å². The molecule has 0 aliphatic carbocycles. The van der Waals surface area contributed by atoms with Gasteiger partial charge in [-0.2, -0.15) is 0 Å². The third-order valence-electron chi connectivity index (χ3n) is 5.44. The summed E-state index contributed by atoms with van der Waals surface area (Å²) >= 11 is 0. The van der Waals surface area contributed by atoms with Crippen molar-refractivity contribution < 1.29 is 9.59 Å². The monoisotopic (exact) mass is 379 g/mol. The molecule has 3 rings (SSSR count). The molecule has 1 fully saturated rings. The topological polar surface area (TPSA) is 66.6 Å². The van der Waals surface area contributed by atoms with E-state index in [1.54, 1.807) is 11.8 Å². The Kier molecular flexibility index (Phi) is 6.47. The number of amides is 2. The Hall–Kier alpha value is -2.66. The number of rotatable bonds is 6. The first-order valence-corrected chi connectivity index (χ1v) is 9.94. The maximum atomic E-state index is 12.9. The van der Waals surface area contributed by atoms with Crippen LogP contribution in [-0.4, -0.2) is 47.8 Å². The number of carbonyl (C=O) groups is 2. The largest absolute Gasteiger partial charge is 0.339 e. The highest BCUT2D eigenvalue weighted by atomic mass is 16.2. The van der Waals surface area contributed by atoms with Gasteiger partial charge in [0, 0.05) is 32.6 Å². The zero-order valence-electron chi connectivity index (χ0n) is 16.5. The van der Waals surface area contributed by atoms with E-state index in [-0.39, 0.29) is 11.8 Å². The smallest absolute Gasteiger partial charge is 0.247 e. The summed E-state index contributed by atoms with van der Waals surface area (Å²) in [7, 11) is 0. The Balaban J connectivity index is 1.47. The normalized spacial score (nSPS) is 16.5. The third kappa shape index (κ3) is 4.78. The van der Waals surface area contributed by atoms with Crippen molar-refractivity contribution in [3.8, 4) is 0 Å². The van der Waals surface area contributed by atoms with Gasteiger partial charge in [0.2, 0.25) is 11.8 Å². The Morgan fingerprint density at radius 2 is 1.43 bits per heavy atom. The quantitative estimate of drug-likeness (QED) is 0.839. The van der Waals surface area contributed by atoms with E-state index in [0.717, 1.165) is 18.4 Å². The summed E-state index contributed by atoms with van der Waals surface area (Å²) in [6, 6.07) is 19.7. The van der Waals surface area contributed by atoms with Crippen LogP contribution in [0.1, 0.15) is 30.9 Å². The third-order valence-corrected chi connectivity index (χ3v) is 5.44. The van der Waals surface area contributed by atoms with Gasteiger partial charge in [0.1, 0.15) is 5.54 Å². The number of hydrogen-bond acceptors (Lipinski definition) is 3. The van der Waals surface area contributed by atoms with Gasteiger partial charge in [0.15, 0.2) is 0 Å². The first-order valence-electron chi connectivity index (χ1n) is 9.94. The van der Waals surface area contributed by atoms with E-state index < -0.39 is 5.54 Å². The molecule has 5 heteroatoms. The molecule has 5 nitrogen and oxygen atoms in total. The van der Waals surface area contributed by atoms with Gasteiger partial charge in [0.25, 0.3) is 0 Å². The molecule has 0 radical (unpaired) electrons. The minimum atomic E-state index is -1.05. The molecule has 2 aromatic carbocycles. The standard InChI is InChI=1S/C23H29N3O2/c1-23(24,20-12-6-3-7-13-20)22(28)26-17-15-25(16-18-26)21(27)14-8-11-19-9-4-2-5-10-19/h2-7,9-10,12-13H,8,11,14-18,24H2,1H3. The Morgan fingerprint density at radius 1 is 0.893 bits per heavy atom. The fraction of sp³-hybridized carbons (Fsp3) is 0.391. The van der Waals surface area contributed by atoms with Crippen LogP contribution < -0.4 is 5.73 Å². The van der Waals surface area contributed by atoms with Crippen LogP contribution in [-0.2, 0) is 21.5 Å². The molecule has 2 N–H and O–H groups in total. The van der Waals surface area contributed by atoms with Crippen LogP contribution in [0.4, 0.5) is 0 Å². The van der Waals surface area contributed by atoms with Crippen LogP contribution in [0.5, 0.6) is 0 Å². The van der Waals surface area contributed by atoms with Crippen LogP contribution in [0.25, 0.3) is 0 Å². The van der Waals surface area contributed by atoms with Gasteiger partial charge < -0.3 is 15.5 Å². The molecule has 2 aromatic rings. The molecule has 1 unspecified atom stereocenters. The van der Waals surface area contributed by atoms with E-state index in [4.69, 9.17) is 5.73 Å². The van der Waals surface area contributed by atoms with Crippen molar-refractivity contribution in [1.29, 1.82) is 0 Å². The lowest BCUT2D eigenvalue weighted by atomic mass is 9.91. The van der Waals surface area contributed by atoms with Crippen molar-refractivity contribution in [2.24, 2.45) is 5.73 Å². The molecule has 0 saturated carbocycles. The van der Waals surface area contributed by atoms with Gasteiger partial charge in [-0.3, -0.25) is 9.59 Å². The number of piperazine rings is 1. The predicted molar refractivity (Wildman–Crippen MR) is 111 cm³/mol. The van der Waals surface area contributed by atoms with Crippen LogP contribution >= 0.6 is 0 Å².